The number of likely N-dealkylation sites (tertiary alicyclic amines) is 1. The Hall–Kier alpha value is -1.89. The van der Waals surface area contributed by atoms with E-state index in [4.69, 9.17) is 5.11 Å². The van der Waals surface area contributed by atoms with Gasteiger partial charge in [-0.05, 0) is 11.0 Å². The lowest BCUT2D eigenvalue weighted by molar-refractivity contribution is -0.389. The van der Waals surface area contributed by atoms with E-state index in [0.717, 1.165) is 0 Å². The number of nitrogens with zero attached hydrogens (tertiary/aromatic N) is 2. The Bertz CT molecular complexity index is 422. The molecule has 0 atom stereocenters. The highest BCUT2D eigenvalue weighted by atomic mass is 16.6. The number of hydrogen-bond acceptors (Lipinski definition) is 4. The number of aromatic amines is 1. The lowest BCUT2D eigenvalue weighted by atomic mass is 10.0. The van der Waals surface area contributed by atoms with Gasteiger partial charge in [0, 0.05) is 31.7 Å². The molecule has 2 rings (SSSR count). The predicted molar refractivity (Wildman–Crippen MR) is 53.9 cm³/mol. The molecule has 16 heavy (non-hydrogen) atoms. The van der Waals surface area contributed by atoms with E-state index in [-0.39, 0.29) is 29.9 Å². The lowest BCUT2D eigenvalue weighted by Gasteiger charge is -2.37. The lowest BCUT2D eigenvalue weighted by Crippen LogP contribution is -2.51. The van der Waals surface area contributed by atoms with E-state index < -0.39 is 4.92 Å². The molecular weight excluding hydrogens is 214 g/mol. The first kappa shape index (κ1) is 10.6. The molecule has 7 heteroatoms. The molecule has 0 bridgehead atoms. The van der Waals surface area contributed by atoms with Crippen LogP contribution in [0, 0.1) is 16.0 Å². The fraction of sp³-hybridized carbons (Fsp3) is 0.444. The topological polar surface area (TPSA) is 99.5 Å². The molecule has 1 aromatic rings. The number of nitrogens with one attached hydrogen (secondary N) is 1. The van der Waals surface area contributed by atoms with E-state index in [1.54, 1.807) is 0 Å². The van der Waals surface area contributed by atoms with Crippen LogP contribution in [0.2, 0.25) is 0 Å². The fourth-order valence-electron chi connectivity index (χ4n) is 1.64. The van der Waals surface area contributed by atoms with Gasteiger partial charge in [0.2, 0.25) is 0 Å². The summed E-state index contributed by atoms with van der Waals surface area (Å²) in [5, 5.41) is 19.2. The first-order valence-corrected chi connectivity index (χ1v) is 4.85. The Morgan fingerprint density at radius 2 is 2.31 bits per heavy atom. The van der Waals surface area contributed by atoms with Crippen molar-refractivity contribution in [2.75, 3.05) is 19.7 Å². The standard InChI is InChI=1S/C9H11N3O4/c13-5-6-3-11(4-6)9(14)7-1-2-8(10-7)12(15)16/h1-2,6,10,13H,3-5H2. The summed E-state index contributed by atoms with van der Waals surface area (Å²) in [4.78, 5) is 25.5. The summed E-state index contributed by atoms with van der Waals surface area (Å²) < 4.78 is 0. The van der Waals surface area contributed by atoms with Crippen molar-refractivity contribution in [3.63, 3.8) is 0 Å². The number of aliphatic hydroxyl groups is 1. The maximum absolute atomic E-state index is 11.7. The molecule has 1 amide bonds. The molecule has 0 aromatic carbocycles. The van der Waals surface area contributed by atoms with Gasteiger partial charge in [0.25, 0.3) is 5.91 Å². The minimum atomic E-state index is -0.580. The van der Waals surface area contributed by atoms with Gasteiger partial charge in [-0.3, -0.25) is 4.79 Å². The smallest absolute Gasteiger partial charge is 0.321 e. The Balaban J connectivity index is 2.02. The average Bonchev–Trinajstić information content (AvgIpc) is 2.64. The summed E-state index contributed by atoms with van der Waals surface area (Å²) in [7, 11) is 0. The van der Waals surface area contributed by atoms with Crippen molar-refractivity contribution in [3.8, 4) is 0 Å². The summed E-state index contributed by atoms with van der Waals surface area (Å²) in [5.41, 5.74) is 0.211. The molecule has 1 aliphatic heterocycles. The summed E-state index contributed by atoms with van der Waals surface area (Å²) >= 11 is 0. The summed E-state index contributed by atoms with van der Waals surface area (Å²) in [5.74, 6) is -0.325. The second-order valence-electron chi connectivity index (χ2n) is 3.77. The Morgan fingerprint density at radius 3 is 2.81 bits per heavy atom. The third-order valence-electron chi connectivity index (χ3n) is 2.60. The number of carbonyl (C=O) groups is 1. The van der Waals surface area contributed by atoms with Gasteiger partial charge in [-0.1, -0.05) is 0 Å². The highest BCUT2D eigenvalue weighted by Gasteiger charge is 2.32. The molecule has 1 aromatic heterocycles. The Labute approximate surface area is 90.8 Å². The molecule has 7 nitrogen and oxygen atoms in total. The van der Waals surface area contributed by atoms with Crippen molar-refractivity contribution >= 4 is 11.7 Å². The number of hydrogen-bond donors (Lipinski definition) is 2. The number of H-pyrrole nitrogens is 1. The first-order chi connectivity index (χ1) is 7.61. The third-order valence-corrected chi connectivity index (χ3v) is 2.60. The molecule has 0 saturated carbocycles. The van der Waals surface area contributed by atoms with Crippen LogP contribution in [0.4, 0.5) is 5.82 Å². The van der Waals surface area contributed by atoms with Gasteiger partial charge in [0.15, 0.2) is 5.69 Å². The quantitative estimate of drug-likeness (QED) is 0.558. The predicted octanol–water partition coefficient (Wildman–Crippen LogP) is -0.0128. The molecule has 1 fully saturated rings. The van der Waals surface area contributed by atoms with Gasteiger partial charge in [-0.2, -0.15) is 0 Å². The van der Waals surface area contributed by atoms with Crippen LogP contribution in [0.1, 0.15) is 10.5 Å². The van der Waals surface area contributed by atoms with Crippen LogP contribution >= 0.6 is 0 Å². The van der Waals surface area contributed by atoms with Crippen LogP contribution in [0.3, 0.4) is 0 Å². The second kappa shape index (κ2) is 3.93. The van der Waals surface area contributed by atoms with Crippen molar-refractivity contribution < 1.29 is 14.8 Å². The number of amides is 1. The van der Waals surface area contributed by atoms with Gasteiger partial charge in [0.05, 0.1) is 0 Å². The third kappa shape index (κ3) is 1.76. The van der Waals surface area contributed by atoms with Crippen molar-refractivity contribution in [1.82, 2.24) is 9.88 Å². The molecule has 2 heterocycles. The highest BCUT2D eigenvalue weighted by Crippen LogP contribution is 2.19. The normalized spacial score (nSPS) is 15.9. The summed E-state index contributed by atoms with van der Waals surface area (Å²) in [6, 6.07) is 2.66. The molecule has 0 spiro atoms. The first-order valence-electron chi connectivity index (χ1n) is 4.85. The maximum atomic E-state index is 11.7. The highest BCUT2D eigenvalue weighted by molar-refractivity contribution is 5.93. The Kier molecular flexibility index (Phi) is 2.61. The van der Waals surface area contributed by atoms with Gasteiger partial charge in [-0.25, -0.2) is 4.98 Å². The zero-order valence-corrected chi connectivity index (χ0v) is 8.42. The largest absolute Gasteiger partial charge is 0.396 e. The fourth-order valence-corrected chi connectivity index (χ4v) is 1.64. The molecule has 86 valence electrons. The molecule has 0 radical (unpaired) electrons. The number of aromatic nitrogens is 1. The summed E-state index contributed by atoms with van der Waals surface area (Å²) in [6.45, 7) is 1.07. The van der Waals surface area contributed by atoms with Crippen LogP contribution < -0.4 is 0 Å². The van der Waals surface area contributed by atoms with Gasteiger partial charge in [-0.15, -0.1) is 0 Å². The van der Waals surface area contributed by atoms with Crippen molar-refractivity contribution in [1.29, 1.82) is 0 Å². The average molecular weight is 225 g/mol. The van der Waals surface area contributed by atoms with Crippen molar-refractivity contribution in [3.05, 3.63) is 27.9 Å². The van der Waals surface area contributed by atoms with Crippen LogP contribution in [-0.2, 0) is 0 Å². The van der Waals surface area contributed by atoms with E-state index in [2.05, 4.69) is 4.98 Å². The minimum Gasteiger partial charge on any atom is -0.396 e. The van der Waals surface area contributed by atoms with Crippen LogP contribution in [0.25, 0.3) is 0 Å². The molecular formula is C9H11N3O4. The second-order valence-corrected chi connectivity index (χ2v) is 3.77. The summed E-state index contributed by atoms with van der Waals surface area (Å²) in [6.07, 6.45) is 0. The zero-order valence-electron chi connectivity index (χ0n) is 8.42. The molecule has 1 aliphatic rings. The SMILES string of the molecule is O=C(c1ccc([N+](=O)[O-])[nH]1)N1CC(CO)C1. The van der Waals surface area contributed by atoms with Gasteiger partial charge < -0.3 is 20.1 Å². The maximum Gasteiger partial charge on any atom is 0.321 e. The van der Waals surface area contributed by atoms with E-state index in [0.29, 0.717) is 13.1 Å². The van der Waals surface area contributed by atoms with Crippen LogP contribution in [0.15, 0.2) is 12.1 Å². The number of rotatable bonds is 3. The van der Waals surface area contributed by atoms with Crippen molar-refractivity contribution in [2.24, 2.45) is 5.92 Å². The number of aliphatic hydroxyl groups excluding tert-OH is 1. The van der Waals surface area contributed by atoms with Crippen LogP contribution in [-0.4, -0.2) is 45.5 Å². The number of nitro groups is 1. The monoisotopic (exact) mass is 225 g/mol. The van der Waals surface area contributed by atoms with E-state index in [1.165, 1.54) is 17.0 Å². The Morgan fingerprint density at radius 1 is 1.62 bits per heavy atom. The molecule has 2 N–H and O–H groups in total. The zero-order chi connectivity index (χ0) is 11.7. The van der Waals surface area contributed by atoms with Gasteiger partial charge >= 0.3 is 5.82 Å². The molecule has 0 aliphatic carbocycles. The molecule has 1 saturated heterocycles. The van der Waals surface area contributed by atoms with E-state index >= 15 is 0 Å². The van der Waals surface area contributed by atoms with Gasteiger partial charge in [0.1, 0.15) is 0 Å². The number of carbonyl (C=O) groups excluding carboxylic acids is 1. The minimum absolute atomic E-state index is 0.0641. The van der Waals surface area contributed by atoms with Crippen LogP contribution in [0.5, 0.6) is 0 Å². The molecule has 0 unspecified atom stereocenters. The van der Waals surface area contributed by atoms with Crippen molar-refractivity contribution in [2.45, 2.75) is 0 Å². The van der Waals surface area contributed by atoms with E-state index in [9.17, 15) is 14.9 Å². The van der Waals surface area contributed by atoms with E-state index in [1.807, 2.05) is 0 Å².